The molecule has 0 aromatic heterocycles. The van der Waals surface area contributed by atoms with Gasteiger partial charge in [0.1, 0.15) is 0 Å². The van der Waals surface area contributed by atoms with E-state index in [-0.39, 0.29) is 0 Å². The van der Waals surface area contributed by atoms with Gasteiger partial charge >= 0.3 is 0 Å². The second-order valence-electron chi connectivity index (χ2n) is 4.24. The highest BCUT2D eigenvalue weighted by molar-refractivity contribution is 5.45. The summed E-state index contributed by atoms with van der Waals surface area (Å²) in [6, 6.07) is 0. The first-order chi connectivity index (χ1) is 9.74. The zero-order valence-electron chi connectivity index (χ0n) is 13.8. The quantitative estimate of drug-likeness (QED) is 0.321. The number of unbranched alkanes of at least 4 members (excludes halogenated alkanes) is 7. The van der Waals surface area contributed by atoms with Crippen molar-refractivity contribution in [2.24, 2.45) is 0 Å². The van der Waals surface area contributed by atoms with Gasteiger partial charge in [-0.15, -0.1) is 0 Å². The number of rotatable bonds is 7. The maximum Gasteiger partial charge on any atom is 0.0300 e. The van der Waals surface area contributed by atoms with Crippen LogP contribution in [0.5, 0.6) is 0 Å². The van der Waals surface area contributed by atoms with Crippen molar-refractivity contribution >= 4 is 11.7 Å². The Morgan fingerprint density at radius 1 is 0.650 bits per heavy atom. The van der Waals surface area contributed by atoms with Crippen LogP contribution in [-0.2, 0) is 0 Å². The zero-order valence-corrected chi connectivity index (χ0v) is 13.8. The predicted octanol–water partition coefficient (Wildman–Crippen LogP) is 6.08. The maximum atomic E-state index is 6.21. The highest BCUT2D eigenvalue weighted by Crippen LogP contribution is 2.07. The molecule has 0 saturated heterocycles. The molecule has 0 aliphatic carbocycles. The third-order valence-corrected chi connectivity index (χ3v) is 2.39. The van der Waals surface area contributed by atoms with Crippen LogP contribution >= 0.6 is 0 Å². The molecule has 114 valence electrons. The van der Waals surface area contributed by atoms with E-state index < -0.39 is 0 Å². The molecule has 0 fully saturated rings. The molecule has 2 heteroatoms. The smallest absolute Gasteiger partial charge is 0.0300 e. The predicted molar refractivity (Wildman–Crippen MR) is 91.3 cm³/mol. The summed E-state index contributed by atoms with van der Waals surface area (Å²) < 4.78 is 0. The summed E-state index contributed by atoms with van der Waals surface area (Å²) in [5.41, 5.74) is 4.81. The molecule has 0 bridgehead atoms. The Labute approximate surface area is 126 Å². The van der Waals surface area contributed by atoms with Crippen LogP contribution in [-0.4, -0.2) is 11.7 Å². The summed E-state index contributed by atoms with van der Waals surface area (Å²) in [7, 11) is 0. The molecule has 0 spiro atoms. The van der Waals surface area contributed by atoms with Crippen molar-refractivity contribution in [2.45, 2.75) is 79.1 Å². The van der Waals surface area contributed by atoms with Gasteiger partial charge in [0.15, 0.2) is 0 Å². The first-order valence-electron chi connectivity index (χ1n) is 7.65. The van der Waals surface area contributed by atoms with Crippen LogP contribution in [0.2, 0.25) is 0 Å². The number of hydrogen-bond acceptors (Lipinski definition) is 2. The highest BCUT2D eigenvalue weighted by Gasteiger charge is 1.87. The fourth-order valence-corrected chi connectivity index (χ4v) is 1.35. The Morgan fingerprint density at radius 2 is 0.950 bits per heavy atom. The van der Waals surface area contributed by atoms with Gasteiger partial charge in [0.05, 0.1) is 0 Å². The standard InChI is InChI=1S/C10H22.2C4H5N/c1-3-5-7-9-10-8-6-4-2;2*1-2-3-4-5/h3-10H2,1-2H3;2*2,5H,1H3. The molecule has 0 atom stereocenters. The van der Waals surface area contributed by atoms with Crippen molar-refractivity contribution in [3.8, 4) is 0 Å². The Hall–Kier alpha value is -1.54. The van der Waals surface area contributed by atoms with Gasteiger partial charge in [-0.05, 0) is 26.0 Å². The average molecular weight is 276 g/mol. The first-order valence-corrected chi connectivity index (χ1v) is 7.65. The molecular weight excluding hydrogens is 244 g/mol. The minimum absolute atomic E-state index is 1.37. The van der Waals surface area contributed by atoms with Gasteiger partial charge in [0.2, 0.25) is 0 Å². The van der Waals surface area contributed by atoms with E-state index in [1.54, 1.807) is 26.0 Å². The molecule has 0 aromatic carbocycles. The Bertz CT molecular complexity index is 285. The lowest BCUT2D eigenvalue weighted by atomic mass is 10.1. The van der Waals surface area contributed by atoms with Gasteiger partial charge in [-0.2, -0.15) is 0 Å². The third kappa shape index (κ3) is 44.0. The van der Waals surface area contributed by atoms with Gasteiger partial charge in [0.25, 0.3) is 0 Å². The minimum Gasteiger partial charge on any atom is -0.251 e. The lowest BCUT2D eigenvalue weighted by molar-refractivity contribution is 0.585. The molecule has 0 aliphatic heterocycles. The van der Waals surface area contributed by atoms with Crippen molar-refractivity contribution in [1.82, 2.24) is 0 Å². The van der Waals surface area contributed by atoms with E-state index in [2.05, 4.69) is 25.3 Å². The Morgan fingerprint density at radius 3 is 1.10 bits per heavy atom. The van der Waals surface area contributed by atoms with Gasteiger partial charge in [-0.3, -0.25) is 10.8 Å². The number of allylic oxidation sites excluding steroid dienone is 2. The normalized spacial score (nSPS) is 7.20. The maximum absolute atomic E-state index is 6.21. The monoisotopic (exact) mass is 276 g/mol. The van der Waals surface area contributed by atoms with Crippen LogP contribution in [0.25, 0.3) is 0 Å². The summed E-state index contributed by atoms with van der Waals surface area (Å²) in [6.45, 7) is 8.13. The number of nitrogens with one attached hydrogen (secondary N) is 2. The summed E-state index contributed by atoms with van der Waals surface area (Å²) in [4.78, 5) is 0. The second-order valence-corrected chi connectivity index (χ2v) is 4.24. The van der Waals surface area contributed by atoms with Crippen molar-refractivity contribution in [1.29, 1.82) is 10.8 Å². The first kappa shape index (κ1) is 23.5. The zero-order chi connectivity index (χ0) is 15.9. The molecule has 0 aliphatic rings. The summed E-state index contributed by atoms with van der Waals surface area (Å²) in [5, 5.41) is 12.4. The van der Waals surface area contributed by atoms with Crippen LogP contribution in [0.3, 0.4) is 0 Å². The van der Waals surface area contributed by atoms with Gasteiger partial charge < -0.3 is 0 Å². The molecule has 0 amide bonds. The van der Waals surface area contributed by atoms with Gasteiger partial charge in [-0.25, -0.2) is 0 Å². The Kier molecular flexibility index (Phi) is 35.9. The van der Waals surface area contributed by atoms with Crippen LogP contribution in [0.1, 0.15) is 79.1 Å². The van der Waals surface area contributed by atoms with E-state index in [4.69, 9.17) is 10.8 Å². The van der Waals surface area contributed by atoms with E-state index in [1.807, 2.05) is 11.7 Å². The SMILES string of the molecule is CC=C=C=N.CC=C=C=N.CCCCCCCCCC. The lowest BCUT2D eigenvalue weighted by Crippen LogP contribution is -1.77. The third-order valence-electron chi connectivity index (χ3n) is 2.39. The van der Waals surface area contributed by atoms with Crippen LogP contribution in [0.15, 0.2) is 23.6 Å². The fraction of sp³-hybridized carbons (Fsp3) is 0.667. The Balaban J connectivity index is -0.000000244. The summed E-state index contributed by atoms with van der Waals surface area (Å²) in [5.74, 6) is 3.92. The molecule has 0 unspecified atom stereocenters. The molecule has 0 heterocycles. The van der Waals surface area contributed by atoms with E-state index >= 15 is 0 Å². The van der Waals surface area contributed by atoms with E-state index in [0.717, 1.165) is 0 Å². The van der Waals surface area contributed by atoms with E-state index in [9.17, 15) is 0 Å². The molecular formula is C18H32N2. The molecule has 0 saturated carbocycles. The summed E-state index contributed by atoms with van der Waals surface area (Å²) in [6.07, 6.45) is 14.7. The van der Waals surface area contributed by atoms with Crippen LogP contribution < -0.4 is 0 Å². The summed E-state index contributed by atoms with van der Waals surface area (Å²) >= 11 is 0. The van der Waals surface area contributed by atoms with E-state index in [1.165, 1.54) is 51.4 Å². The van der Waals surface area contributed by atoms with Crippen molar-refractivity contribution in [3.63, 3.8) is 0 Å². The molecule has 0 aromatic rings. The average Bonchev–Trinajstić information content (AvgIpc) is 2.46. The van der Waals surface area contributed by atoms with Crippen LogP contribution in [0, 0.1) is 10.8 Å². The fourth-order valence-electron chi connectivity index (χ4n) is 1.35. The second kappa shape index (κ2) is 30.5. The molecule has 0 rings (SSSR count). The number of hydrogen-bond donors (Lipinski definition) is 2. The largest absolute Gasteiger partial charge is 0.251 e. The van der Waals surface area contributed by atoms with Crippen molar-refractivity contribution in [2.75, 3.05) is 0 Å². The van der Waals surface area contributed by atoms with Gasteiger partial charge in [0, 0.05) is 11.7 Å². The minimum atomic E-state index is 1.37. The topological polar surface area (TPSA) is 47.7 Å². The molecule has 20 heavy (non-hydrogen) atoms. The van der Waals surface area contributed by atoms with Gasteiger partial charge in [-0.1, -0.05) is 76.7 Å². The van der Waals surface area contributed by atoms with Crippen LogP contribution in [0.4, 0.5) is 0 Å². The highest BCUT2D eigenvalue weighted by atomic mass is 14.3. The van der Waals surface area contributed by atoms with Crippen molar-refractivity contribution < 1.29 is 0 Å². The molecule has 2 nitrogen and oxygen atoms in total. The molecule has 0 radical (unpaired) electrons. The lowest BCUT2D eigenvalue weighted by Gasteiger charge is -1.97. The molecule has 2 N–H and O–H groups in total. The van der Waals surface area contributed by atoms with E-state index in [0.29, 0.717) is 0 Å². The van der Waals surface area contributed by atoms with Crippen molar-refractivity contribution in [3.05, 3.63) is 23.6 Å².